The lowest BCUT2D eigenvalue weighted by Gasteiger charge is -2.09. The van der Waals surface area contributed by atoms with Gasteiger partial charge in [-0.25, -0.2) is 4.68 Å². The van der Waals surface area contributed by atoms with Crippen molar-refractivity contribution in [2.24, 2.45) is 7.05 Å². The Balaban J connectivity index is 2.32. The van der Waals surface area contributed by atoms with E-state index in [0.717, 1.165) is 10.0 Å². The van der Waals surface area contributed by atoms with E-state index >= 15 is 0 Å². The van der Waals surface area contributed by atoms with Gasteiger partial charge in [0, 0.05) is 22.8 Å². The van der Waals surface area contributed by atoms with Crippen molar-refractivity contribution in [3.63, 3.8) is 0 Å². The molecule has 0 saturated heterocycles. The molecule has 0 unspecified atom stereocenters. The lowest BCUT2D eigenvalue weighted by molar-refractivity contribution is 0.102. The highest BCUT2D eigenvalue weighted by Gasteiger charge is 2.14. The van der Waals surface area contributed by atoms with E-state index < -0.39 is 0 Å². The molecule has 0 atom stereocenters. The van der Waals surface area contributed by atoms with E-state index in [1.54, 1.807) is 26.1 Å². The number of halogens is 1. The molecular weight excluding hydrogens is 298 g/mol. The number of anilines is 2. The van der Waals surface area contributed by atoms with Crippen LogP contribution in [0.4, 0.5) is 11.6 Å². The van der Waals surface area contributed by atoms with Crippen LogP contribution in [-0.4, -0.2) is 20.7 Å². The molecule has 1 aromatic carbocycles. The van der Waals surface area contributed by atoms with Crippen molar-refractivity contribution >= 4 is 33.5 Å². The second-order valence-corrected chi connectivity index (χ2v) is 4.74. The molecule has 18 heavy (non-hydrogen) atoms. The zero-order chi connectivity index (χ0) is 13.3. The van der Waals surface area contributed by atoms with E-state index in [1.165, 1.54) is 11.0 Å². The van der Waals surface area contributed by atoms with Gasteiger partial charge in [-0.15, -0.1) is 0 Å². The van der Waals surface area contributed by atoms with Crippen LogP contribution >= 0.6 is 15.9 Å². The number of nitrogens with one attached hydrogen (secondary N) is 1. The fourth-order valence-corrected chi connectivity index (χ4v) is 1.99. The van der Waals surface area contributed by atoms with Gasteiger partial charge < -0.3 is 5.73 Å². The number of rotatable bonds is 2. The average molecular weight is 310 g/mol. The van der Waals surface area contributed by atoms with Crippen molar-refractivity contribution in [3.05, 3.63) is 34.1 Å². The molecule has 0 fully saturated rings. The summed E-state index contributed by atoms with van der Waals surface area (Å²) in [6.07, 6.45) is 1.37. The summed E-state index contributed by atoms with van der Waals surface area (Å²) < 4.78 is 2.24. The number of nitrogens with zero attached hydrogens (tertiary/aromatic N) is 3. The smallest absolute Gasteiger partial charge is 0.258 e. The summed E-state index contributed by atoms with van der Waals surface area (Å²) in [6.45, 7) is 1.80. The van der Waals surface area contributed by atoms with Crippen molar-refractivity contribution in [1.82, 2.24) is 14.8 Å². The number of hydrogen-bond donors (Lipinski definition) is 2. The predicted octanol–water partition coefficient (Wildman–Crippen LogP) is 1.72. The van der Waals surface area contributed by atoms with E-state index in [1.807, 2.05) is 0 Å². The third kappa shape index (κ3) is 2.35. The minimum Gasteiger partial charge on any atom is -0.398 e. The van der Waals surface area contributed by atoms with Gasteiger partial charge in [-0.1, -0.05) is 15.9 Å². The molecule has 7 heteroatoms. The Hall–Kier alpha value is -1.89. The fraction of sp³-hybridized carbons (Fsp3) is 0.182. The first-order chi connectivity index (χ1) is 8.49. The molecule has 1 aromatic heterocycles. The quantitative estimate of drug-likeness (QED) is 0.827. The number of carbonyl (C=O) groups excluding carboxylic acids is 1. The molecule has 94 valence electrons. The third-order valence-corrected chi connectivity index (χ3v) is 3.05. The number of hydrogen-bond acceptors (Lipinski definition) is 4. The minimum atomic E-state index is -0.267. The molecule has 0 aliphatic heterocycles. The summed E-state index contributed by atoms with van der Waals surface area (Å²) in [5, 5.41) is 6.55. The molecule has 0 spiro atoms. The maximum absolute atomic E-state index is 12.1. The Morgan fingerprint density at radius 3 is 2.83 bits per heavy atom. The van der Waals surface area contributed by atoms with E-state index in [4.69, 9.17) is 5.73 Å². The molecule has 2 rings (SSSR count). The second-order valence-electron chi connectivity index (χ2n) is 3.83. The van der Waals surface area contributed by atoms with Crippen LogP contribution in [0, 0.1) is 6.92 Å². The number of amides is 1. The van der Waals surface area contributed by atoms with Gasteiger partial charge in [0.05, 0.1) is 0 Å². The molecule has 0 bridgehead atoms. The molecule has 2 aromatic rings. The van der Waals surface area contributed by atoms with Gasteiger partial charge in [0.25, 0.3) is 5.91 Å². The number of aromatic nitrogens is 3. The standard InChI is InChI=1S/C11H12BrN5O/c1-6-8(3-7(12)4-9(6)13)10(18)16-11-14-5-15-17(11)2/h3-5H,13H2,1-2H3,(H,14,15,16,18). The monoisotopic (exact) mass is 309 g/mol. The SMILES string of the molecule is Cc1c(N)cc(Br)cc1C(=O)Nc1ncnn1C. The van der Waals surface area contributed by atoms with Crippen LogP contribution in [0.1, 0.15) is 15.9 Å². The molecule has 6 nitrogen and oxygen atoms in total. The van der Waals surface area contributed by atoms with Crippen molar-refractivity contribution in [2.45, 2.75) is 6.92 Å². The Bertz CT molecular complexity index is 607. The molecule has 3 N–H and O–H groups in total. The molecule has 0 aliphatic rings. The number of benzene rings is 1. The molecular formula is C11H12BrN5O. The molecule has 1 heterocycles. The summed E-state index contributed by atoms with van der Waals surface area (Å²) in [6, 6.07) is 3.48. The maximum atomic E-state index is 12.1. The first-order valence-corrected chi connectivity index (χ1v) is 5.99. The first-order valence-electron chi connectivity index (χ1n) is 5.20. The van der Waals surface area contributed by atoms with Crippen molar-refractivity contribution in [2.75, 3.05) is 11.1 Å². The van der Waals surface area contributed by atoms with Crippen LogP contribution in [0.25, 0.3) is 0 Å². The number of nitrogens with two attached hydrogens (primary N) is 1. The van der Waals surface area contributed by atoms with E-state index in [0.29, 0.717) is 17.2 Å². The Morgan fingerprint density at radius 1 is 1.50 bits per heavy atom. The fourth-order valence-electron chi connectivity index (χ4n) is 1.51. The van der Waals surface area contributed by atoms with E-state index in [9.17, 15) is 4.79 Å². The molecule has 0 aliphatic carbocycles. The average Bonchev–Trinajstić information content (AvgIpc) is 2.69. The molecule has 0 radical (unpaired) electrons. The van der Waals surface area contributed by atoms with Crippen LogP contribution in [0.3, 0.4) is 0 Å². The van der Waals surface area contributed by atoms with Crippen LogP contribution in [0.15, 0.2) is 22.9 Å². The van der Waals surface area contributed by atoms with Crippen LogP contribution in [0.2, 0.25) is 0 Å². The lowest BCUT2D eigenvalue weighted by atomic mass is 10.1. The topological polar surface area (TPSA) is 85.8 Å². The Morgan fingerprint density at radius 2 is 2.22 bits per heavy atom. The van der Waals surface area contributed by atoms with E-state index in [2.05, 4.69) is 31.3 Å². The zero-order valence-electron chi connectivity index (χ0n) is 9.94. The lowest BCUT2D eigenvalue weighted by Crippen LogP contribution is -2.17. The van der Waals surface area contributed by atoms with Crippen molar-refractivity contribution < 1.29 is 4.79 Å². The normalized spacial score (nSPS) is 10.4. The van der Waals surface area contributed by atoms with Crippen molar-refractivity contribution in [1.29, 1.82) is 0 Å². The minimum absolute atomic E-state index is 0.267. The van der Waals surface area contributed by atoms with Gasteiger partial charge >= 0.3 is 0 Å². The summed E-state index contributed by atoms with van der Waals surface area (Å²) in [5.41, 5.74) is 7.62. The predicted molar refractivity (Wildman–Crippen MR) is 72.2 cm³/mol. The highest BCUT2D eigenvalue weighted by Crippen LogP contribution is 2.23. The molecule has 1 amide bonds. The van der Waals surface area contributed by atoms with Gasteiger partial charge in [0.15, 0.2) is 0 Å². The Kier molecular flexibility index (Phi) is 3.33. The van der Waals surface area contributed by atoms with Gasteiger partial charge in [0.2, 0.25) is 5.95 Å². The second kappa shape index (κ2) is 4.77. The largest absolute Gasteiger partial charge is 0.398 e. The van der Waals surface area contributed by atoms with Gasteiger partial charge in [-0.2, -0.15) is 10.1 Å². The molecule has 0 saturated carbocycles. The van der Waals surface area contributed by atoms with Gasteiger partial charge in [0.1, 0.15) is 6.33 Å². The highest BCUT2D eigenvalue weighted by atomic mass is 79.9. The zero-order valence-corrected chi connectivity index (χ0v) is 11.5. The van der Waals surface area contributed by atoms with Crippen LogP contribution in [-0.2, 0) is 7.05 Å². The highest BCUT2D eigenvalue weighted by molar-refractivity contribution is 9.10. The summed E-state index contributed by atoms with van der Waals surface area (Å²) in [4.78, 5) is 16.1. The number of nitrogen functional groups attached to an aromatic ring is 1. The van der Waals surface area contributed by atoms with Gasteiger partial charge in [-0.05, 0) is 24.6 Å². The van der Waals surface area contributed by atoms with Crippen LogP contribution in [0.5, 0.6) is 0 Å². The van der Waals surface area contributed by atoms with Crippen molar-refractivity contribution in [3.8, 4) is 0 Å². The van der Waals surface area contributed by atoms with E-state index in [-0.39, 0.29) is 5.91 Å². The summed E-state index contributed by atoms with van der Waals surface area (Å²) in [7, 11) is 1.70. The maximum Gasteiger partial charge on any atom is 0.258 e. The Labute approximate surface area is 112 Å². The number of carbonyl (C=O) groups is 1. The van der Waals surface area contributed by atoms with Gasteiger partial charge in [-0.3, -0.25) is 10.1 Å². The number of aryl methyl sites for hydroxylation is 1. The summed E-state index contributed by atoms with van der Waals surface area (Å²) in [5.74, 6) is 0.120. The first kappa shape index (κ1) is 12.6. The summed E-state index contributed by atoms with van der Waals surface area (Å²) >= 11 is 3.31. The van der Waals surface area contributed by atoms with Crippen LogP contribution < -0.4 is 11.1 Å². The third-order valence-electron chi connectivity index (χ3n) is 2.59.